The molecule has 0 spiro atoms. The lowest BCUT2D eigenvalue weighted by atomic mass is 10.0. The van der Waals surface area contributed by atoms with Gasteiger partial charge in [0.05, 0.1) is 6.04 Å². The molecule has 1 atom stereocenters. The van der Waals surface area contributed by atoms with E-state index in [1.54, 1.807) is 12.4 Å². The number of para-hydroxylation sites is 1. The Hall–Kier alpha value is -3.21. The van der Waals surface area contributed by atoms with Crippen LogP contribution in [0.4, 0.5) is 10.5 Å². The normalized spacial score (nSPS) is 14.0. The van der Waals surface area contributed by atoms with Gasteiger partial charge in [-0.25, -0.2) is 14.8 Å². The number of anilines is 1. The highest BCUT2D eigenvalue weighted by atomic mass is 16.2. The molecular formula is C21H20N4O. The molecule has 1 N–H and O–H groups in total. The first kappa shape index (κ1) is 16.3. The lowest BCUT2D eigenvalue weighted by molar-refractivity contribution is 0.244. The second kappa shape index (κ2) is 6.96. The number of hydrogen-bond donors (Lipinski definition) is 1. The SMILES string of the molecule is C[C@@H](NC(=O)N1CCc2ccccc21)c1ccc(-c2cncnc2)cc1. The zero-order valence-electron chi connectivity index (χ0n) is 14.6. The Bertz CT molecular complexity index is 909. The lowest BCUT2D eigenvalue weighted by Gasteiger charge is -2.22. The predicted octanol–water partition coefficient (Wildman–Crippen LogP) is 3.98. The number of benzene rings is 2. The van der Waals surface area contributed by atoms with Crippen molar-refractivity contribution >= 4 is 11.7 Å². The highest BCUT2D eigenvalue weighted by Gasteiger charge is 2.25. The van der Waals surface area contributed by atoms with E-state index in [4.69, 9.17) is 0 Å². The molecule has 0 saturated carbocycles. The van der Waals surface area contributed by atoms with E-state index in [9.17, 15) is 4.79 Å². The van der Waals surface area contributed by atoms with Crippen LogP contribution < -0.4 is 10.2 Å². The average Bonchev–Trinajstić information content (AvgIpc) is 3.13. The molecule has 0 radical (unpaired) electrons. The van der Waals surface area contributed by atoms with Crippen LogP contribution in [0.1, 0.15) is 24.1 Å². The minimum atomic E-state index is -0.0728. The lowest BCUT2D eigenvalue weighted by Crippen LogP contribution is -2.40. The summed E-state index contributed by atoms with van der Waals surface area (Å²) < 4.78 is 0. The van der Waals surface area contributed by atoms with Gasteiger partial charge in [0.1, 0.15) is 6.33 Å². The third-order valence-corrected chi connectivity index (χ3v) is 4.78. The van der Waals surface area contributed by atoms with E-state index in [2.05, 4.69) is 21.4 Å². The monoisotopic (exact) mass is 344 g/mol. The Kier molecular flexibility index (Phi) is 4.35. The number of carbonyl (C=O) groups excluding carboxylic acids is 1. The van der Waals surface area contributed by atoms with Gasteiger partial charge in [0, 0.05) is 30.2 Å². The standard InChI is InChI=1S/C21H20N4O/c1-15(16-6-8-17(9-7-16)19-12-22-14-23-13-19)24-21(26)25-11-10-18-4-2-3-5-20(18)25/h2-9,12-15H,10-11H2,1H3,(H,24,26)/t15-/m1/s1. The van der Waals surface area contributed by atoms with Gasteiger partial charge in [0.2, 0.25) is 0 Å². The summed E-state index contributed by atoms with van der Waals surface area (Å²) in [4.78, 5) is 22.6. The smallest absolute Gasteiger partial charge is 0.322 e. The third kappa shape index (κ3) is 3.16. The maximum atomic E-state index is 12.7. The minimum Gasteiger partial charge on any atom is -0.331 e. The molecule has 0 unspecified atom stereocenters. The molecule has 4 rings (SSSR count). The number of hydrogen-bond acceptors (Lipinski definition) is 3. The molecule has 1 aliphatic heterocycles. The van der Waals surface area contributed by atoms with E-state index in [-0.39, 0.29) is 12.1 Å². The van der Waals surface area contributed by atoms with Crippen LogP contribution in [0.2, 0.25) is 0 Å². The van der Waals surface area contributed by atoms with Gasteiger partial charge in [0.25, 0.3) is 0 Å². The molecule has 0 fully saturated rings. The Morgan fingerprint density at radius 1 is 1.04 bits per heavy atom. The van der Waals surface area contributed by atoms with Crippen molar-refractivity contribution in [2.24, 2.45) is 0 Å². The van der Waals surface area contributed by atoms with Gasteiger partial charge in [-0.1, -0.05) is 42.5 Å². The molecule has 1 aromatic heterocycles. The van der Waals surface area contributed by atoms with Gasteiger partial charge in [-0.15, -0.1) is 0 Å². The number of nitrogens with one attached hydrogen (secondary N) is 1. The summed E-state index contributed by atoms with van der Waals surface area (Å²) in [6.07, 6.45) is 6.01. The van der Waals surface area contributed by atoms with Crippen molar-refractivity contribution in [3.05, 3.63) is 78.4 Å². The summed E-state index contributed by atoms with van der Waals surface area (Å²) in [6, 6.07) is 16.1. The van der Waals surface area contributed by atoms with Crippen LogP contribution in [0, 0.1) is 0 Å². The molecule has 0 saturated heterocycles. The molecule has 5 nitrogen and oxygen atoms in total. The van der Waals surface area contributed by atoms with Crippen LogP contribution in [0.25, 0.3) is 11.1 Å². The summed E-state index contributed by atoms with van der Waals surface area (Å²) in [5.74, 6) is 0. The summed E-state index contributed by atoms with van der Waals surface area (Å²) in [7, 11) is 0. The van der Waals surface area contributed by atoms with Crippen molar-refractivity contribution in [2.45, 2.75) is 19.4 Å². The van der Waals surface area contributed by atoms with Crippen LogP contribution in [-0.2, 0) is 6.42 Å². The Balaban J connectivity index is 1.45. The van der Waals surface area contributed by atoms with Crippen molar-refractivity contribution in [3.63, 3.8) is 0 Å². The summed E-state index contributed by atoms with van der Waals surface area (Å²) in [5, 5.41) is 3.10. The van der Waals surface area contributed by atoms with Crippen molar-refractivity contribution in [1.29, 1.82) is 0 Å². The Morgan fingerprint density at radius 2 is 1.77 bits per heavy atom. The first-order chi connectivity index (χ1) is 12.7. The van der Waals surface area contributed by atoms with Crippen molar-refractivity contribution in [1.82, 2.24) is 15.3 Å². The van der Waals surface area contributed by atoms with Crippen molar-refractivity contribution < 1.29 is 4.79 Å². The molecular weight excluding hydrogens is 324 g/mol. The van der Waals surface area contributed by atoms with Crippen molar-refractivity contribution in [2.75, 3.05) is 11.4 Å². The molecule has 2 heterocycles. The van der Waals surface area contributed by atoms with Gasteiger partial charge < -0.3 is 5.32 Å². The second-order valence-electron chi connectivity index (χ2n) is 6.45. The molecule has 0 bridgehead atoms. The highest BCUT2D eigenvalue weighted by Crippen LogP contribution is 2.28. The molecule has 3 aromatic rings. The first-order valence-electron chi connectivity index (χ1n) is 8.73. The fraction of sp³-hybridized carbons (Fsp3) is 0.190. The average molecular weight is 344 g/mol. The molecule has 2 amide bonds. The second-order valence-corrected chi connectivity index (χ2v) is 6.45. The largest absolute Gasteiger partial charge is 0.331 e. The van der Waals surface area contributed by atoms with E-state index in [0.717, 1.165) is 35.3 Å². The zero-order valence-corrected chi connectivity index (χ0v) is 14.6. The van der Waals surface area contributed by atoms with Crippen LogP contribution >= 0.6 is 0 Å². The molecule has 130 valence electrons. The van der Waals surface area contributed by atoms with Crippen LogP contribution in [0.5, 0.6) is 0 Å². The van der Waals surface area contributed by atoms with E-state index in [1.807, 2.05) is 54.3 Å². The van der Waals surface area contributed by atoms with Gasteiger partial charge in [-0.05, 0) is 36.1 Å². The number of fused-ring (bicyclic) bond motifs is 1. The number of urea groups is 1. The maximum Gasteiger partial charge on any atom is 0.322 e. The van der Waals surface area contributed by atoms with Crippen LogP contribution in [-0.4, -0.2) is 22.5 Å². The van der Waals surface area contributed by atoms with E-state index in [1.165, 1.54) is 11.9 Å². The number of amides is 2. The topological polar surface area (TPSA) is 58.1 Å². The summed E-state index contributed by atoms with van der Waals surface area (Å²) in [6.45, 7) is 2.73. The number of carbonyl (C=O) groups is 1. The zero-order chi connectivity index (χ0) is 17.9. The van der Waals surface area contributed by atoms with E-state index < -0.39 is 0 Å². The van der Waals surface area contributed by atoms with Crippen LogP contribution in [0.15, 0.2) is 67.3 Å². The van der Waals surface area contributed by atoms with E-state index >= 15 is 0 Å². The third-order valence-electron chi connectivity index (χ3n) is 4.78. The molecule has 0 aliphatic carbocycles. The summed E-state index contributed by atoms with van der Waals surface area (Å²) in [5.41, 5.74) is 5.33. The number of rotatable bonds is 3. The number of aromatic nitrogens is 2. The molecule has 2 aromatic carbocycles. The van der Waals surface area contributed by atoms with Crippen molar-refractivity contribution in [3.8, 4) is 11.1 Å². The molecule has 26 heavy (non-hydrogen) atoms. The highest BCUT2D eigenvalue weighted by molar-refractivity contribution is 5.94. The Morgan fingerprint density at radius 3 is 2.54 bits per heavy atom. The number of nitrogens with zero attached hydrogens (tertiary/aromatic N) is 3. The molecule has 5 heteroatoms. The van der Waals surface area contributed by atoms with Crippen LogP contribution in [0.3, 0.4) is 0 Å². The quantitative estimate of drug-likeness (QED) is 0.782. The van der Waals surface area contributed by atoms with Gasteiger partial charge in [-0.3, -0.25) is 4.90 Å². The fourth-order valence-electron chi connectivity index (χ4n) is 3.31. The first-order valence-corrected chi connectivity index (χ1v) is 8.73. The Labute approximate surface area is 152 Å². The van der Waals surface area contributed by atoms with Gasteiger partial charge in [-0.2, -0.15) is 0 Å². The predicted molar refractivity (Wildman–Crippen MR) is 102 cm³/mol. The fourth-order valence-corrected chi connectivity index (χ4v) is 3.31. The van der Waals surface area contributed by atoms with E-state index in [0.29, 0.717) is 0 Å². The molecule has 1 aliphatic rings. The minimum absolute atomic E-state index is 0.0528. The summed E-state index contributed by atoms with van der Waals surface area (Å²) >= 11 is 0. The van der Waals surface area contributed by atoms with Gasteiger partial charge >= 0.3 is 6.03 Å². The van der Waals surface area contributed by atoms with Gasteiger partial charge in [0.15, 0.2) is 0 Å². The maximum absolute atomic E-state index is 12.7.